The number of sulfone groups is 1. The summed E-state index contributed by atoms with van der Waals surface area (Å²) in [7, 11) is -3.39. The molecular weight excluding hydrogens is 477 g/mol. The molecule has 2 fully saturated rings. The fourth-order valence-electron chi connectivity index (χ4n) is 5.07. The van der Waals surface area contributed by atoms with E-state index in [9.17, 15) is 21.6 Å². The number of nitrogens with zero attached hydrogens (tertiary/aromatic N) is 2. The summed E-state index contributed by atoms with van der Waals surface area (Å²) in [6.07, 6.45) is -1.26. The lowest BCUT2D eigenvalue weighted by Gasteiger charge is -2.54. The molecule has 5 nitrogen and oxygen atoms in total. The molecule has 0 amide bonds. The normalized spacial score (nSPS) is 26.3. The van der Waals surface area contributed by atoms with Crippen molar-refractivity contribution in [2.75, 3.05) is 26.0 Å². The molecule has 0 aliphatic carbocycles. The van der Waals surface area contributed by atoms with Gasteiger partial charge in [0.15, 0.2) is 15.4 Å². The number of hydrogen-bond donors (Lipinski definition) is 0. The topological polar surface area (TPSA) is 59.5 Å². The summed E-state index contributed by atoms with van der Waals surface area (Å²) in [6, 6.07) is 10.3. The molecule has 0 saturated carbocycles. The van der Waals surface area contributed by atoms with E-state index >= 15 is 0 Å². The van der Waals surface area contributed by atoms with Crippen LogP contribution in [0.15, 0.2) is 47.5 Å². The van der Waals surface area contributed by atoms with E-state index in [1.54, 1.807) is 18.2 Å². The molecule has 2 aliphatic rings. The van der Waals surface area contributed by atoms with Crippen LogP contribution in [0.25, 0.3) is 0 Å². The highest BCUT2D eigenvalue weighted by Gasteiger charge is 2.71. The number of aromatic nitrogens is 1. The number of pyridine rings is 1. The van der Waals surface area contributed by atoms with Crippen molar-refractivity contribution in [3.05, 3.63) is 58.9 Å². The first kappa shape index (κ1) is 24.4. The monoisotopic (exact) mass is 502 g/mol. The number of hydrogen-bond acceptors (Lipinski definition) is 5. The second kappa shape index (κ2) is 8.83. The molecule has 33 heavy (non-hydrogen) atoms. The molecule has 2 saturated heterocycles. The average Bonchev–Trinajstić information content (AvgIpc) is 3.09. The second-order valence-electron chi connectivity index (χ2n) is 9.05. The Labute approximate surface area is 196 Å². The smallest absolute Gasteiger partial charge is 0.365 e. The molecule has 1 aromatic heterocycles. The van der Waals surface area contributed by atoms with Crippen molar-refractivity contribution in [2.45, 2.75) is 48.9 Å². The Morgan fingerprint density at radius 2 is 1.85 bits per heavy atom. The van der Waals surface area contributed by atoms with Gasteiger partial charge in [-0.2, -0.15) is 13.2 Å². The summed E-state index contributed by atoms with van der Waals surface area (Å²) in [5.74, 6) is 0. The number of aryl methyl sites for hydroxylation is 1. The third-order valence-electron chi connectivity index (χ3n) is 6.95. The van der Waals surface area contributed by atoms with Crippen molar-refractivity contribution in [1.29, 1.82) is 0 Å². The van der Waals surface area contributed by atoms with Crippen LogP contribution >= 0.6 is 11.6 Å². The van der Waals surface area contributed by atoms with E-state index in [1.165, 1.54) is 12.3 Å². The lowest BCUT2D eigenvalue weighted by atomic mass is 9.64. The first-order valence-corrected chi connectivity index (χ1v) is 13.0. The fourth-order valence-corrected chi connectivity index (χ4v) is 5.76. The summed E-state index contributed by atoms with van der Waals surface area (Å²) < 4.78 is 71.7. The van der Waals surface area contributed by atoms with Crippen molar-refractivity contribution in [1.82, 2.24) is 9.88 Å². The molecule has 10 heteroatoms. The van der Waals surface area contributed by atoms with Gasteiger partial charge in [0, 0.05) is 48.1 Å². The van der Waals surface area contributed by atoms with Gasteiger partial charge in [-0.15, -0.1) is 0 Å². The molecule has 0 radical (unpaired) electrons. The number of rotatable bonds is 7. The molecule has 3 heterocycles. The van der Waals surface area contributed by atoms with Crippen molar-refractivity contribution in [3.8, 4) is 0 Å². The van der Waals surface area contributed by atoms with E-state index < -0.39 is 27.0 Å². The van der Waals surface area contributed by atoms with Gasteiger partial charge in [-0.25, -0.2) is 8.42 Å². The van der Waals surface area contributed by atoms with Crippen LogP contribution in [0.3, 0.4) is 0 Å². The molecule has 0 unspecified atom stereocenters. The minimum absolute atomic E-state index is 0.0499. The molecule has 2 atom stereocenters. The highest BCUT2D eigenvalue weighted by molar-refractivity contribution is 7.90. The van der Waals surface area contributed by atoms with Crippen LogP contribution in [-0.2, 0) is 27.5 Å². The fraction of sp³-hybridized carbons (Fsp3) is 0.522. The van der Waals surface area contributed by atoms with Crippen LogP contribution in [-0.4, -0.2) is 56.0 Å². The quantitative estimate of drug-likeness (QED) is 0.550. The Kier molecular flexibility index (Phi) is 6.54. The lowest BCUT2D eigenvalue weighted by molar-refractivity contribution is -0.366. The predicted molar refractivity (Wildman–Crippen MR) is 119 cm³/mol. The molecular formula is C23H26ClF3N2O3S. The number of alkyl halides is 3. The van der Waals surface area contributed by atoms with Crippen LogP contribution in [0.2, 0.25) is 5.02 Å². The maximum Gasteiger partial charge on any atom is 0.418 e. The van der Waals surface area contributed by atoms with Crippen molar-refractivity contribution in [3.63, 3.8) is 0 Å². The number of benzene rings is 1. The molecule has 1 aromatic carbocycles. The summed E-state index contributed by atoms with van der Waals surface area (Å²) in [4.78, 5) is 6.32. The average molecular weight is 503 g/mol. The highest BCUT2D eigenvalue weighted by Crippen LogP contribution is 2.59. The predicted octanol–water partition coefficient (Wildman–Crippen LogP) is 4.68. The standard InChI is InChI=1S/C23H26ClF3N2O3S/c1-33(30,31)20-7-6-19(28-14-20)8-9-21(22(11-13-32-22)23(25,26)27)10-12-29(16-21)15-17-2-4-18(24)5-3-17/h2-7,14H,8-13,15-16H2,1H3/t21-,22-/m1/s1. The van der Waals surface area contributed by atoms with Crippen LogP contribution in [0.5, 0.6) is 0 Å². The SMILES string of the molecule is CS(=O)(=O)c1ccc(CC[C@@]2([C@@]3(C(F)(F)F)CCO3)CCN(Cc3ccc(Cl)cc3)C2)nc1. The van der Waals surface area contributed by atoms with Gasteiger partial charge in [0.1, 0.15) is 0 Å². The van der Waals surface area contributed by atoms with Crippen molar-refractivity contribution in [2.24, 2.45) is 5.41 Å². The minimum atomic E-state index is -4.48. The lowest BCUT2D eigenvalue weighted by Crippen LogP contribution is -2.67. The number of halogens is 4. The first-order chi connectivity index (χ1) is 15.4. The van der Waals surface area contributed by atoms with Gasteiger partial charge in [0.2, 0.25) is 0 Å². The van der Waals surface area contributed by atoms with Crippen LogP contribution < -0.4 is 0 Å². The third kappa shape index (κ3) is 4.78. The Morgan fingerprint density at radius 3 is 2.36 bits per heavy atom. The Balaban J connectivity index is 1.56. The van der Waals surface area contributed by atoms with Gasteiger partial charge in [-0.05, 0) is 55.6 Å². The molecule has 0 N–H and O–H groups in total. The summed E-state index contributed by atoms with van der Waals surface area (Å²) in [5.41, 5.74) is -1.72. The summed E-state index contributed by atoms with van der Waals surface area (Å²) in [5, 5.41) is 0.614. The molecule has 2 aromatic rings. The van der Waals surface area contributed by atoms with Gasteiger partial charge in [-0.3, -0.25) is 9.88 Å². The van der Waals surface area contributed by atoms with E-state index in [1.807, 2.05) is 17.0 Å². The van der Waals surface area contributed by atoms with Crippen molar-refractivity contribution >= 4 is 21.4 Å². The molecule has 4 rings (SSSR count). The summed E-state index contributed by atoms with van der Waals surface area (Å²) in [6.45, 7) is 1.43. The Hall–Kier alpha value is -1.68. The van der Waals surface area contributed by atoms with Gasteiger partial charge in [-0.1, -0.05) is 23.7 Å². The van der Waals surface area contributed by atoms with Crippen LogP contribution in [0.1, 0.15) is 30.5 Å². The van der Waals surface area contributed by atoms with E-state index in [2.05, 4.69) is 4.98 Å². The number of ether oxygens (including phenoxy) is 1. The van der Waals surface area contributed by atoms with Gasteiger partial charge >= 0.3 is 6.18 Å². The molecule has 2 aliphatic heterocycles. The van der Waals surface area contributed by atoms with E-state index in [-0.39, 0.29) is 30.9 Å². The van der Waals surface area contributed by atoms with Crippen LogP contribution in [0.4, 0.5) is 13.2 Å². The first-order valence-electron chi connectivity index (χ1n) is 10.8. The maximum absolute atomic E-state index is 14.3. The van der Waals surface area contributed by atoms with Gasteiger partial charge in [0.05, 0.1) is 11.5 Å². The second-order valence-corrected chi connectivity index (χ2v) is 11.5. The third-order valence-corrected chi connectivity index (χ3v) is 8.30. The van der Waals surface area contributed by atoms with E-state index in [0.717, 1.165) is 11.8 Å². The summed E-state index contributed by atoms with van der Waals surface area (Å²) >= 11 is 5.95. The maximum atomic E-state index is 14.3. The van der Waals surface area contributed by atoms with E-state index in [0.29, 0.717) is 36.6 Å². The number of likely N-dealkylation sites (tertiary alicyclic amines) is 1. The Morgan fingerprint density at radius 1 is 1.15 bits per heavy atom. The highest BCUT2D eigenvalue weighted by atomic mass is 35.5. The minimum Gasteiger partial charge on any atom is -0.365 e. The zero-order valence-corrected chi connectivity index (χ0v) is 19.8. The molecule has 0 bridgehead atoms. The largest absolute Gasteiger partial charge is 0.418 e. The molecule has 0 spiro atoms. The Bertz CT molecular complexity index is 1090. The van der Waals surface area contributed by atoms with Gasteiger partial charge in [0.25, 0.3) is 0 Å². The van der Waals surface area contributed by atoms with Crippen LogP contribution in [0, 0.1) is 5.41 Å². The zero-order chi connectivity index (χ0) is 23.9. The molecule has 180 valence electrons. The zero-order valence-electron chi connectivity index (χ0n) is 18.2. The van der Waals surface area contributed by atoms with E-state index in [4.69, 9.17) is 16.3 Å². The van der Waals surface area contributed by atoms with Crippen molar-refractivity contribution < 1.29 is 26.3 Å². The van der Waals surface area contributed by atoms with Gasteiger partial charge < -0.3 is 4.74 Å².